The lowest BCUT2D eigenvalue weighted by molar-refractivity contribution is 0.600. The molecule has 0 heterocycles. The Morgan fingerprint density at radius 3 is 2.29 bits per heavy atom. The van der Waals surface area contributed by atoms with E-state index < -0.39 is 10.0 Å². The summed E-state index contributed by atoms with van der Waals surface area (Å²) in [7, 11) is -1.30. The molecule has 0 saturated carbocycles. The summed E-state index contributed by atoms with van der Waals surface area (Å²) in [4.78, 5) is 0. The van der Waals surface area contributed by atoms with Crippen LogP contribution in [0, 0.1) is 0 Å². The predicted octanol–water partition coefficient (Wildman–Crippen LogP) is 2.12. The number of benzene rings is 1. The third-order valence-electron chi connectivity index (χ3n) is 2.59. The maximum atomic E-state index is 11.6. The summed E-state index contributed by atoms with van der Waals surface area (Å²) in [5.41, 5.74) is 1.75. The number of sulfonamides is 1. The van der Waals surface area contributed by atoms with Crippen LogP contribution in [0.3, 0.4) is 0 Å². The van der Waals surface area contributed by atoms with E-state index in [0.717, 1.165) is 5.56 Å². The van der Waals surface area contributed by atoms with Gasteiger partial charge in [-0.2, -0.15) is 0 Å². The third kappa shape index (κ3) is 4.36. The van der Waals surface area contributed by atoms with Crippen molar-refractivity contribution in [2.75, 3.05) is 17.5 Å². The quantitative estimate of drug-likeness (QED) is 0.819. The normalized spacial score (nSPS) is 13.4. The number of hydrogen-bond acceptors (Lipinski definition) is 3. The summed E-state index contributed by atoms with van der Waals surface area (Å²) < 4.78 is 25.7. The molecule has 0 amide bonds. The Kier molecular flexibility index (Phi) is 4.96. The zero-order valence-electron chi connectivity index (χ0n) is 10.5. The van der Waals surface area contributed by atoms with Gasteiger partial charge in [0.2, 0.25) is 10.0 Å². The van der Waals surface area contributed by atoms with E-state index >= 15 is 0 Å². The van der Waals surface area contributed by atoms with Gasteiger partial charge in [0.15, 0.2) is 0 Å². The molecule has 2 N–H and O–H groups in total. The maximum Gasteiger partial charge on any atom is 0.232 e. The number of nitrogens with one attached hydrogen (secondary N) is 2. The van der Waals surface area contributed by atoms with E-state index in [1.165, 1.54) is 0 Å². The predicted molar refractivity (Wildman–Crippen MR) is 71.6 cm³/mol. The molecule has 0 radical (unpaired) electrons. The van der Waals surface area contributed by atoms with Crippen molar-refractivity contribution in [3.63, 3.8) is 0 Å². The van der Waals surface area contributed by atoms with E-state index in [1.807, 2.05) is 26.1 Å². The summed E-state index contributed by atoms with van der Waals surface area (Å²) in [6.45, 7) is 3.90. The second kappa shape index (κ2) is 6.02. The van der Waals surface area contributed by atoms with E-state index in [2.05, 4.69) is 17.0 Å². The Morgan fingerprint density at radius 2 is 1.82 bits per heavy atom. The Bertz CT molecular complexity index is 440. The fourth-order valence-corrected chi connectivity index (χ4v) is 2.64. The summed E-state index contributed by atoms with van der Waals surface area (Å²) >= 11 is 0. The molecule has 0 fully saturated rings. The van der Waals surface area contributed by atoms with Crippen LogP contribution in [-0.2, 0) is 10.0 Å². The molecular formula is C12H20N2O2S. The van der Waals surface area contributed by atoms with Crippen molar-refractivity contribution in [2.45, 2.75) is 26.3 Å². The minimum atomic E-state index is -3.19. The fourth-order valence-electron chi connectivity index (χ4n) is 1.51. The molecule has 96 valence electrons. The van der Waals surface area contributed by atoms with Gasteiger partial charge >= 0.3 is 0 Å². The first-order chi connectivity index (χ1) is 7.98. The smallest absolute Gasteiger partial charge is 0.232 e. The zero-order valence-corrected chi connectivity index (χ0v) is 11.3. The number of anilines is 1. The lowest BCUT2D eigenvalue weighted by Crippen LogP contribution is -2.16. The van der Waals surface area contributed by atoms with Crippen LogP contribution in [0.1, 0.15) is 31.9 Å². The summed E-state index contributed by atoms with van der Waals surface area (Å²) in [6, 6.07) is 7.68. The van der Waals surface area contributed by atoms with Gasteiger partial charge in [0.25, 0.3) is 0 Å². The summed E-state index contributed by atoms with van der Waals surface area (Å²) in [6.07, 6.45) is 0.615. The molecule has 0 aliphatic heterocycles. The molecule has 0 saturated heterocycles. The van der Waals surface area contributed by atoms with Gasteiger partial charge in [-0.3, -0.25) is 4.72 Å². The molecule has 1 rings (SSSR count). The monoisotopic (exact) mass is 256 g/mol. The molecule has 0 bridgehead atoms. The van der Waals surface area contributed by atoms with E-state index in [4.69, 9.17) is 0 Å². The van der Waals surface area contributed by atoms with Gasteiger partial charge in [-0.05, 0) is 38.1 Å². The Morgan fingerprint density at radius 1 is 1.24 bits per heavy atom. The molecule has 0 aromatic heterocycles. The number of rotatable bonds is 6. The second-order valence-electron chi connectivity index (χ2n) is 4.05. The Hall–Kier alpha value is -1.07. The van der Waals surface area contributed by atoms with E-state index in [-0.39, 0.29) is 11.8 Å². The van der Waals surface area contributed by atoms with Crippen LogP contribution >= 0.6 is 0 Å². The molecule has 1 aromatic carbocycles. The zero-order chi connectivity index (χ0) is 12.9. The van der Waals surface area contributed by atoms with Crippen molar-refractivity contribution in [1.29, 1.82) is 0 Å². The van der Waals surface area contributed by atoms with Crippen LogP contribution in [0.25, 0.3) is 0 Å². The minimum absolute atomic E-state index is 0.154. The van der Waals surface area contributed by atoms with Crippen LogP contribution < -0.4 is 10.0 Å². The largest absolute Gasteiger partial charge is 0.313 e. The van der Waals surface area contributed by atoms with Crippen molar-refractivity contribution in [3.8, 4) is 0 Å². The van der Waals surface area contributed by atoms with Crippen LogP contribution in [0.2, 0.25) is 0 Å². The third-order valence-corrected chi connectivity index (χ3v) is 4.08. The standard InChI is InChI=1S/C12H20N2O2S/c1-4-9-17(15,16)14-12-7-5-11(6-8-12)10(2)13-3/h5-8,10,13-14H,4,9H2,1-3H3. The van der Waals surface area contributed by atoms with Gasteiger partial charge in [-0.25, -0.2) is 8.42 Å². The summed E-state index contributed by atoms with van der Waals surface area (Å²) in [5.74, 6) is 0.154. The van der Waals surface area contributed by atoms with Crippen molar-refractivity contribution in [1.82, 2.24) is 5.32 Å². The Balaban J connectivity index is 2.75. The molecule has 0 spiro atoms. The first-order valence-electron chi connectivity index (χ1n) is 5.76. The molecular weight excluding hydrogens is 236 g/mol. The van der Waals surface area contributed by atoms with E-state index in [0.29, 0.717) is 12.1 Å². The molecule has 0 aliphatic carbocycles. The SMILES string of the molecule is CCCS(=O)(=O)Nc1ccc(C(C)NC)cc1. The van der Waals surface area contributed by atoms with Crippen molar-refractivity contribution >= 4 is 15.7 Å². The highest BCUT2D eigenvalue weighted by atomic mass is 32.2. The lowest BCUT2D eigenvalue weighted by atomic mass is 10.1. The van der Waals surface area contributed by atoms with Crippen molar-refractivity contribution in [2.24, 2.45) is 0 Å². The molecule has 4 nitrogen and oxygen atoms in total. The van der Waals surface area contributed by atoms with Gasteiger partial charge in [0.05, 0.1) is 5.75 Å². The molecule has 1 atom stereocenters. The first kappa shape index (κ1) is 14.0. The van der Waals surface area contributed by atoms with Crippen LogP contribution in [0.15, 0.2) is 24.3 Å². The van der Waals surface area contributed by atoms with Crippen LogP contribution in [0.4, 0.5) is 5.69 Å². The highest BCUT2D eigenvalue weighted by molar-refractivity contribution is 7.92. The van der Waals surface area contributed by atoms with Gasteiger partial charge in [0, 0.05) is 11.7 Å². The highest BCUT2D eigenvalue weighted by Gasteiger charge is 2.09. The number of hydrogen-bond donors (Lipinski definition) is 2. The highest BCUT2D eigenvalue weighted by Crippen LogP contribution is 2.16. The van der Waals surface area contributed by atoms with E-state index in [1.54, 1.807) is 12.1 Å². The van der Waals surface area contributed by atoms with Crippen molar-refractivity contribution in [3.05, 3.63) is 29.8 Å². The first-order valence-corrected chi connectivity index (χ1v) is 7.41. The average molecular weight is 256 g/mol. The van der Waals surface area contributed by atoms with Gasteiger partial charge in [0.1, 0.15) is 0 Å². The second-order valence-corrected chi connectivity index (χ2v) is 5.90. The molecule has 0 aliphatic rings. The van der Waals surface area contributed by atoms with Crippen LogP contribution in [0.5, 0.6) is 0 Å². The molecule has 17 heavy (non-hydrogen) atoms. The average Bonchev–Trinajstić information content (AvgIpc) is 2.28. The maximum absolute atomic E-state index is 11.6. The topological polar surface area (TPSA) is 58.2 Å². The lowest BCUT2D eigenvalue weighted by Gasteiger charge is -2.12. The van der Waals surface area contributed by atoms with Gasteiger partial charge < -0.3 is 5.32 Å². The minimum Gasteiger partial charge on any atom is -0.313 e. The molecule has 1 aromatic rings. The fraction of sp³-hybridized carbons (Fsp3) is 0.500. The molecule has 5 heteroatoms. The Labute approximate surface area is 103 Å². The van der Waals surface area contributed by atoms with Gasteiger partial charge in [-0.1, -0.05) is 19.1 Å². The van der Waals surface area contributed by atoms with Crippen LogP contribution in [-0.4, -0.2) is 21.2 Å². The van der Waals surface area contributed by atoms with E-state index in [9.17, 15) is 8.42 Å². The van der Waals surface area contributed by atoms with Gasteiger partial charge in [-0.15, -0.1) is 0 Å². The molecule has 1 unspecified atom stereocenters. The van der Waals surface area contributed by atoms with Crippen molar-refractivity contribution < 1.29 is 8.42 Å². The summed E-state index contributed by atoms with van der Waals surface area (Å²) in [5, 5.41) is 3.13.